The third kappa shape index (κ3) is 5.10. The first-order chi connectivity index (χ1) is 13.0. The number of nitrogens with zero attached hydrogens (tertiary/aromatic N) is 1. The smallest absolute Gasteiger partial charge is 0.244 e. The highest BCUT2D eigenvalue weighted by molar-refractivity contribution is 6.31. The zero-order chi connectivity index (χ0) is 19.3. The molecule has 1 amide bonds. The summed E-state index contributed by atoms with van der Waals surface area (Å²) < 4.78 is 0. The Bertz CT molecular complexity index is 755. The van der Waals surface area contributed by atoms with Gasteiger partial charge >= 0.3 is 0 Å². The summed E-state index contributed by atoms with van der Waals surface area (Å²) in [6, 6.07) is 17.5. The molecular formula is C22H28ClN3O. The van der Waals surface area contributed by atoms with Crippen molar-refractivity contribution in [1.82, 2.24) is 10.2 Å². The zero-order valence-corrected chi connectivity index (χ0v) is 16.6. The van der Waals surface area contributed by atoms with Gasteiger partial charge in [0.25, 0.3) is 0 Å². The number of hydrogen-bond donors (Lipinski definition) is 2. The normalized spacial score (nSPS) is 18.0. The van der Waals surface area contributed by atoms with Crippen LogP contribution in [0.2, 0.25) is 5.02 Å². The van der Waals surface area contributed by atoms with Crippen molar-refractivity contribution in [3.63, 3.8) is 0 Å². The molecule has 0 bridgehead atoms. The van der Waals surface area contributed by atoms with Gasteiger partial charge in [0.05, 0.1) is 0 Å². The van der Waals surface area contributed by atoms with Crippen molar-refractivity contribution in [2.45, 2.75) is 31.8 Å². The zero-order valence-electron chi connectivity index (χ0n) is 15.8. The van der Waals surface area contributed by atoms with Gasteiger partial charge in [0.15, 0.2) is 0 Å². The van der Waals surface area contributed by atoms with Crippen LogP contribution < -0.4 is 11.1 Å². The summed E-state index contributed by atoms with van der Waals surface area (Å²) in [5, 5.41) is 3.89. The molecule has 0 saturated carbocycles. The van der Waals surface area contributed by atoms with Crippen LogP contribution in [0, 0.1) is 5.92 Å². The summed E-state index contributed by atoms with van der Waals surface area (Å²) in [4.78, 5) is 15.0. The third-order valence-corrected chi connectivity index (χ3v) is 5.82. The first-order valence-electron chi connectivity index (χ1n) is 9.55. The topological polar surface area (TPSA) is 58.4 Å². The van der Waals surface area contributed by atoms with Crippen molar-refractivity contribution in [1.29, 1.82) is 0 Å². The molecule has 4 nitrogen and oxygen atoms in total. The number of nitrogens with one attached hydrogen (secondary N) is 1. The number of nitrogens with two attached hydrogens (primary N) is 1. The number of carbonyl (C=O) groups excluding carboxylic acids is 1. The van der Waals surface area contributed by atoms with Gasteiger partial charge in [-0.05, 0) is 56.0 Å². The molecule has 3 N–H and O–H groups in total. The SMILES string of the molecule is CC(N)(C(=O)NCC1CCN(Cc2ccccc2Cl)CC1)c1ccccc1. The molecule has 0 aliphatic carbocycles. The molecular weight excluding hydrogens is 358 g/mol. The molecule has 0 spiro atoms. The van der Waals surface area contributed by atoms with E-state index in [1.165, 1.54) is 5.56 Å². The van der Waals surface area contributed by atoms with Crippen LogP contribution in [0.25, 0.3) is 0 Å². The van der Waals surface area contributed by atoms with E-state index in [2.05, 4.69) is 16.3 Å². The highest BCUT2D eigenvalue weighted by atomic mass is 35.5. The molecule has 3 rings (SSSR count). The fourth-order valence-electron chi connectivity index (χ4n) is 3.55. The number of likely N-dealkylation sites (tertiary alicyclic amines) is 1. The fourth-order valence-corrected chi connectivity index (χ4v) is 3.75. The minimum absolute atomic E-state index is 0.118. The second-order valence-electron chi connectivity index (χ2n) is 7.59. The molecule has 27 heavy (non-hydrogen) atoms. The number of benzene rings is 2. The number of amides is 1. The second kappa shape index (κ2) is 8.87. The number of carbonyl (C=O) groups is 1. The van der Waals surface area contributed by atoms with Gasteiger partial charge < -0.3 is 11.1 Å². The molecule has 1 heterocycles. The molecule has 1 aliphatic heterocycles. The Morgan fingerprint density at radius 3 is 2.44 bits per heavy atom. The Labute approximate surface area is 166 Å². The predicted octanol–water partition coefficient (Wildman–Crippen LogP) is 3.54. The van der Waals surface area contributed by atoms with Gasteiger partial charge in [-0.15, -0.1) is 0 Å². The molecule has 1 aliphatic rings. The maximum Gasteiger partial charge on any atom is 0.244 e. The Morgan fingerprint density at radius 2 is 1.78 bits per heavy atom. The summed E-state index contributed by atoms with van der Waals surface area (Å²) >= 11 is 6.26. The maximum atomic E-state index is 12.6. The number of halogens is 1. The molecule has 5 heteroatoms. The number of rotatable bonds is 6. The largest absolute Gasteiger partial charge is 0.354 e. The lowest BCUT2D eigenvalue weighted by molar-refractivity contribution is -0.126. The molecule has 144 valence electrons. The molecule has 2 aromatic carbocycles. The van der Waals surface area contributed by atoms with E-state index in [1.54, 1.807) is 6.92 Å². The Kier molecular flexibility index (Phi) is 6.53. The lowest BCUT2D eigenvalue weighted by Crippen LogP contribution is -2.50. The first-order valence-corrected chi connectivity index (χ1v) is 9.93. The lowest BCUT2D eigenvalue weighted by atomic mass is 9.91. The average molecular weight is 386 g/mol. The second-order valence-corrected chi connectivity index (χ2v) is 8.00. The van der Waals surface area contributed by atoms with E-state index in [9.17, 15) is 4.79 Å². The summed E-state index contributed by atoms with van der Waals surface area (Å²) in [7, 11) is 0. The quantitative estimate of drug-likeness (QED) is 0.799. The fraction of sp³-hybridized carbons (Fsp3) is 0.409. The minimum atomic E-state index is -1.01. The van der Waals surface area contributed by atoms with E-state index in [0.29, 0.717) is 12.5 Å². The first kappa shape index (κ1) is 19.9. The Hall–Kier alpha value is -1.88. The molecule has 1 atom stereocenters. The average Bonchev–Trinajstić information content (AvgIpc) is 2.69. The third-order valence-electron chi connectivity index (χ3n) is 5.46. The van der Waals surface area contributed by atoms with Gasteiger partial charge in [-0.3, -0.25) is 9.69 Å². The van der Waals surface area contributed by atoms with Gasteiger partial charge in [0, 0.05) is 18.1 Å². The van der Waals surface area contributed by atoms with Gasteiger partial charge in [0.2, 0.25) is 5.91 Å². The predicted molar refractivity (Wildman–Crippen MR) is 110 cm³/mol. The van der Waals surface area contributed by atoms with Crippen LogP contribution in [0.3, 0.4) is 0 Å². The van der Waals surface area contributed by atoms with Crippen molar-refractivity contribution >= 4 is 17.5 Å². The molecule has 1 unspecified atom stereocenters. The van der Waals surface area contributed by atoms with E-state index in [-0.39, 0.29) is 5.91 Å². The molecule has 0 radical (unpaired) electrons. The van der Waals surface area contributed by atoms with Crippen LogP contribution in [-0.4, -0.2) is 30.4 Å². The summed E-state index contributed by atoms with van der Waals surface area (Å²) in [6.07, 6.45) is 2.13. The van der Waals surface area contributed by atoms with Crippen LogP contribution in [0.1, 0.15) is 30.9 Å². The number of piperidine rings is 1. The molecule has 1 fully saturated rings. The van der Waals surface area contributed by atoms with E-state index in [4.69, 9.17) is 17.3 Å². The maximum absolute atomic E-state index is 12.6. The van der Waals surface area contributed by atoms with Crippen molar-refractivity contribution in [2.24, 2.45) is 11.7 Å². The van der Waals surface area contributed by atoms with Crippen molar-refractivity contribution < 1.29 is 4.79 Å². The molecule has 2 aromatic rings. The minimum Gasteiger partial charge on any atom is -0.354 e. The Morgan fingerprint density at radius 1 is 1.15 bits per heavy atom. The van der Waals surface area contributed by atoms with E-state index < -0.39 is 5.54 Å². The standard InChI is InChI=1S/C22H28ClN3O/c1-22(24,19-8-3-2-4-9-19)21(27)25-15-17-11-13-26(14-12-17)16-18-7-5-6-10-20(18)23/h2-10,17H,11-16,24H2,1H3,(H,25,27). The van der Waals surface area contributed by atoms with E-state index in [1.807, 2.05) is 48.5 Å². The number of hydrogen-bond acceptors (Lipinski definition) is 3. The van der Waals surface area contributed by atoms with Gasteiger partial charge in [0.1, 0.15) is 5.54 Å². The summed E-state index contributed by atoms with van der Waals surface area (Å²) in [5.74, 6) is 0.371. The van der Waals surface area contributed by atoms with E-state index >= 15 is 0 Å². The van der Waals surface area contributed by atoms with Crippen LogP contribution in [0.4, 0.5) is 0 Å². The highest BCUT2D eigenvalue weighted by Crippen LogP contribution is 2.23. The Balaban J connectivity index is 1.45. The van der Waals surface area contributed by atoms with Crippen molar-refractivity contribution in [3.8, 4) is 0 Å². The van der Waals surface area contributed by atoms with Crippen molar-refractivity contribution in [3.05, 3.63) is 70.7 Å². The lowest BCUT2D eigenvalue weighted by Gasteiger charge is -2.33. The monoisotopic (exact) mass is 385 g/mol. The van der Waals surface area contributed by atoms with Gasteiger partial charge in [-0.1, -0.05) is 60.1 Å². The summed E-state index contributed by atoms with van der Waals surface area (Å²) in [6.45, 7) is 5.37. The van der Waals surface area contributed by atoms with Crippen LogP contribution in [0.5, 0.6) is 0 Å². The highest BCUT2D eigenvalue weighted by Gasteiger charge is 2.31. The molecule has 0 aromatic heterocycles. The molecule has 1 saturated heterocycles. The summed E-state index contributed by atoms with van der Waals surface area (Å²) in [5.41, 5.74) is 7.28. The van der Waals surface area contributed by atoms with Crippen LogP contribution >= 0.6 is 11.6 Å². The van der Waals surface area contributed by atoms with E-state index in [0.717, 1.165) is 43.1 Å². The van der Waals surface area contributed by atoms with Gasteiger partial charge in [-0.2, -0.15) is 0 Å². The van der Waals surface area contributed by atoms with Crippen LogP contribution in [0.15, 0.2) is 54.6 Å². The van der Waals surface area contributed by atoms with Crippen molar-refractivity contribution in [2.75, 3.05) is 19.6 Å². The van der Waals surface area contributed by atoms with Crippen LogP contribution in [-0.2, 0) is 16.9 Å². The van der Waals surface area contributed by atoms with Gasteiger partial charge in [-0.25, -0.2) is 0 Å².